The van der Waals surface area contributed by atoms with Crippen molar-refractivity contribution >= 4 is 17.8 Å². The molecule has 0 radical (unpaired) electrons. The molecule has 0 atom stereocenters. The summed E-state index contributed by atoms with van der Waals surface area (Å²) >= 11 is 0. The summed E-state index contributed by atoms with van der Waals surface area (Å²) in [5, 5.41) is 8.77. The third kappa shape index (κ3) is 4.51. The van der Waals surface area contributed by atoms with Gasteiger partial charge in [0.05, 0.1) is 12.5 Å². The number of anilines is 3. The van der Waals surface area contributed by atoms with Gasteiger partial charge in [-0.1, -0.05) is 13.8 Å². The average Bonchev–Trinajstić information content (AvgIpc) is 2.42. The molecule has 0 amide bonds. The zero-order valence-corrected chi connectivity index (χ0v) is 12.5. The van der Waals surface area contributed by atoms with Crippen LogP contribution >= 0.6 is 0 Å². The quantitative estimate of drug-likeness (QED) is 0.551. The number of nitrogen functional groups attached to an aromatic ring is 1. The predicted molar refractivity (Wildman–Crippen MR) is 79.2 cm³/mol. The average molecular weight is 278 g/mol. The second-order valence-corrected chi connectivity index (χ2v) is 5.05. The van der Waals surface area contributed by atoms with Crippen molar-refractivity contribution in [3.05, 3.63) is 0 Å². The van der Waals surface area contributed by atoms with Gasteiger partial charge >= 0.3 is 0 Å². The van der Waals surface area contributed by atoms with Gasteiger partial charge in [-0.15, -0.1) is 0 Å². The van der Waals surface area contributed by atoms with Crippen LogP contribution in [0, 0.1) is 17.2 Å². The van der Waals surface area contributed by atoms with Crippen molar-refractivity contribution < 1.29 is 0 Å². The molecule has 3 N–H and O–H groups in total. The Kier molecular flexibility index (Phi) is 5.93. The van der Waals surface area contributed by atoms with Gasteiger partial charge < -0.3 is 9.80 Å². The summed E-state index contributed by atoms with van der Waals surface area (Å²) in [7, 11) is 3.70. The zero-order chi connectivity index (χ0) is 15.1. The molecule has 20 heavy (non-hydrogen) atoms. The standard InChI is InChI=1S/C12H22N8/c1-9(2)8-20(7-5-6-13)12-16-10(18-14)15-11(17-12)19(3)4/h9H,5,7-8,14H2,1-4H3,(H,15,16,17,18). The summed E-state index contributed by atoms with van der Waals surface area (Å²) < 4.78 is 0. The maximum atomic E-state index is 8.77. The molecule has 8 nitrogen and oxygen atoms in total. The minimum Gasteiger partial charge on any atom is -0.347 e. The van der Waals surface area contributed by atoms with E-state index in [1.165, 1.54) is 0 Å². The van der Waals surface area contributed by atoms with Crippen molar-refractivity contribution in [2.75, 3.05) is 42.4 Å². The molecule has 0 aliphatic heterocycles. The lowest BCUT2D eigenvalue weighted by molar-refractivity contribution is 0.601. The Hall–Kier alpha value is -2.14. The highest BCUT2D eigenvalue weighted by Crippen LogP contribution is 2.16. The van der Waals surface area contributed by atoms with E-state index in [0.29, 0.717) is 36.7 Å². The van der Waals surface area contributed by atoms with Crippen molar-refractivity contribution in [2.24, 2.45) is 11.8 Å². The van der Waals surface area contributed by atoms with E-state index in [0.717, 1.165) is 6.54 Å². The summed E-state index contributed by atoms with van der Waals surface area (Å²) in [6, 6.07) is 2.14. The molecule has 0 saturated carbocycles. The summed E-state index contributed by atoms with van der Waals surface area (Å²) in [6.45, 7) is 5.56. The van der Waals surface area contributed by atoms with Crippen molar-refractivity contribution in [1.29, 1.82) is 5.26 Å². The first-order chi connectivity index (χ1) is 9.47. The fraction of sp³-hybridized carbons (Fsp3) is 0.667. The fourth-order valence-corrected chi connectivity index (χ4v) is 1.66. The van der Waals surface area contributed by atoms with Gasteiger partial charge in [0.2, 0.25) is 17.8 Å². The molecule has 0 saturated heterocycles. The lowest BCUT2D eigenvalue weighted by atomic mass is 10.2. The first kappa shape index (κ1) is 15.9. The van der Waals surface area contributed by atoms with E-state index in [9.17, 15) is 0 Å². The van der Waals surface area contributed by atoms with Gasteiger partial charge in [-0.2, -0.15) is 20.2 Å². The van der Waals surface area contributed by atoms with Crippen molar-refractivity contribution in [3.8, 4) is 6.07 Å². The Morgan fingerprint density at radius 1 is 1.25 bits per heavy atom. The largest absolute Gasteiger partial charge is 0.347 e. The van der Waals surface area contributed by atoms with E-state index in [4.69, 9.17) is 11.1 Å². The molecule has 0 unspecified atom stereocenters. The number of nitrogens with two attached hydrogens (primary N) is 1. The van der Waals surface area contributed by atoms with E-state index in [-0.39, 0.29) is 0 Å². The Bertz CT molecular complexity index is 465. The van der Waals surface area contributed by atoms with E-state index in [1.807, 2.05) is 19.0 Å². The molecule has 1 aromatic rings. The van der Waals surface area contributed by atoms with Crippen LogP contribution in [0.3, 0.4) is 0 Å². The second-order valence-electron chi connectivity index (χ2n) is 5.05. The van der Waals surface area contributed by atoms with Crippen LogP contribution in [0.1, 0.15) is 20.3 Å². The summed E-state index contributed by atoms with van der Waals surface area (Å²) in [6.07, 6.45) is 0.418. The maximum Gasteiger partial charge on any atom is 0.243 e. The molecule has 0 aliphatic rings. The molecule has 0 aliphatic carbocycles. The fourth-order valence-electron chi connectivity index (χ4n) is 1.66. The van der Waals surface area contributed by atoms with Crippen molar-refractivity contribution in [1.82, 2.24) is 15.0 Å². The first-order valence-corrected chi connectivity index (χ1v) is 6.49. The van der Waals surface area contributed by atoms with Gasteiger partial charge in [-0.25, -0.2) is 5.84 Å². The minimum atomic E-state index is 0.310. The zero-order valence-electron chi connectivity index (χ0n) is 12.5. The van der Waals surface area contributed by atoms with Crippen LogP contribution in [0.15, 0.2) is 0 Å². The molecular formula is C12H22N8. The van der Waals surface area contributed by atoms with E-state index in [2.05, 4.69) is 40.3 Å². The number of nitrogens with one attached hydrogen (secondary N) is 1. The number of hydrogen-bond donors (Lipinski definition) is 2. The highest BCUT2D eigenvalue weighted by Gasteiger charge is 2.15. The number of aromatic nitrogens is 3. The molecule has 1 rings (SSSR count). The van der Waals surface area contributed by atoms with Crippen LogP contribution in [-0.4, -0.2) is 42.1 Å². The lowest BCUT2D eigenvalue weighted by Gasteiger charge is -2.24. The van der Waals surface area contributed by atoms with Gasteiger partial charge in [0.25, 0.3) is 0 Å². The number of rotatable bonds is 7. The first-order valence-electron chi connectivity index (χ1n) is 6.49. The van der Waals surface area contributed by atoms with Crippen molar-refractivity contribution in [2.45, 2.75) is 20.3 Å². The van der Waals surface area contributed by atoms with E-state index < -0.39 is 0 Å². The van der Waals surface area contributed by atoms with Crippen LogP contribution in [0.4, 0.5) is 17.8 Å². The van der Waals surface area contributed by atoms with Gasteiger partial charge in [-0.05, 0) is 5.92 Å². The highest BCUT2D eigenvalue weighted by molar-refractivity contribution is 5.44. The van der Waals surface area contributed by atoms with Crippen LogP contribution < -0.4 is 21.1 Å². The second kappa shape index (κ2) is 7.45. The van der Waals surface area contributed by atoms with Gasteiger partial charge in [0.15, 0.2) is 0 Å². The Balaban J connectivity index is 3.10. The van der Waals surface area contributed by atoms with Gasteiger partial charge in [-0.3, -0.25) is 5.43 Å². The topological polar surface area (TPSA) is 107 Å². The Morgan fingerprint density at radius 2 is 1.90 bits per heavy atom. The number of nitrogens with zero attached hydrogens (tertiary/aromatic N) is 6. The highest BCUT2D eigenvalue weighted by atomic mass is 15.4. The molecule has 0 spiro atoms. The molecule has 0 aromatic carbocycles. The molecule has 1 heterocycles. The molecule has 110 valence electrons. The Labute approximate surface area is 119 Å². The van der Waals surface area contributed by atoms with E-state index in [1.54, 1.807) is 4.90 Å². The third-order valence-corrected chi connectivity index (χ3v) is 2.50. The SMILES string of the molecule is CC(C)CN(CCC#N)c1nc(NN)nc(N(C)C)n1. The number of nitriles is 1. The molecule has 1 aromatic heterocycles. The summed E-state index contributed by atoms with van der Waals surface area (Å²) in [5.74, 6) is 7.19. The number of hydrogen-bond acceptors (Lipinski definition) is 8. The van der Waals surface area contributed by atoms with Gasteiger partial charge in [0.1, 0.15) is 0 Å². The summed E-state index contributed by atoms with van der Waals surface area (Å²) in [5.41, 5.74) is 2.45. The molecule has 0 bridgehead atoms. The Morgan fingerprint density at radius 3 is 2.40 bits per heavy atom. The van der Waals surface area contributed by atoms with Crippen LogP contribution in [0.5, 0.6) is 0 Å². The third-order valence-electron chi connectivity index (χ3n) is 2.50. The van der Waals surface area contributed by atoms with Crippen molar-refractivity contribution in [3.63, 3.8) is 0 Å². The molecule has 0 fully saturated rings. The van der Waals surface area contributed by atoms with Crippen LogP contribution in [-0.2, 0) is 0 Å². The van der Waals surface area contributed by atoms with Crippen LogP contribution in [0.2, 0.25) is 0 Å². The number of hydrazine groups is 1. The predicted octanol–water partition coefficient (Wildman–Crippen LogP) is 0.599. The molecule has 8 heteroatoms. The normalized spacial score (nSPS) is 10.2. The molecular weight excluding hydrogens is 256 g/mol. The summed E-state index contributed by atoms with van der Waals surface area (Å²) in [4.78, 5) is 16.6. The monoisotopic (exact) mass is 278 g/mol. The van der Waals surface area contributed by atoms with Crippen LogP contribution in [0.25, 0.3) is 0 Å². The van der Waals surface area contributed by atoms with Gasteiger partial charge in [0, 0.05) is 27.2 Å². The maximum absolute atomic E-state index is 8.77. The van der Waals surface area contributed by atoms with E-state index >= 15 is 0 Å². The minimum absolute atomic E-state index is 0.310. The lowest BCUT2D eigenvalue weighted by Crippen LogP contribution is -2.31. The smallest absolute Gasteiger partial charge is 0.243 e.